The van der Waals surface area contributed by atoms with Gasteiger partial charge in [0.1, 0.15) is 11.4 Å². The van der Waals surface area contributed by atoms with E-state index in [0.29, 0.717) is 15.8 Å². The van der Waals surface area contributed by atoms with Crippen molar-refractivity contribution in [2.24, 2.45) is 0 Å². The van der Waals surface area contributed by atoms with Gasteiger partial charge in [-0.3, -0.25) is 4.79 Å². The van der Waals surface area contributed by atoms with Gasteiger partial charge >= 0.3 is 0 Å². The van der Waals surface area contributed by atoms with Crippen molar-refractivity contribution in [1.29, 1.82) is 0 Å². The molecule has 1 fully saturated rings. The average molecular weight is 300 g/mol. The Kier molecular flexibility index (Phi) is 3.14. The number of fused-ring (bicyclic) bond motifs is 1. The summed E-state index contributed by atoms with van der Waals surface area (Å²) in [7, 11) is 0. The van der Waals surface area contributed by atoms with Crippen molar-refractivity contribution < 1.29 is 9.53 Å². The van der Waals surface area contributed by atoms with Gasteiger partial charge < -0.3 is 10.1 Å². The molecule has 0 radical (unpaired) electrons. The second-order valence-electron chi connectivity index (χ2n) is 5.40. The first-order valence-electron chi connectivity index (χ1n) is 6.44. The molecule has 102 valence electrons. The Labute approximate surface area is 122 Å². The number of rotatable bonds is 1. The summed E-state index contributed by atoms with van der Waals surface area (Å²) in [5.41, 5.74) is 0.725. The van der Waals surface area contributed by atoms with Gasteiger partial charge in [-0.05, 0) is 31.4 Å². The number of nitrogens with one attached hydrogen (secondary N) is 1. The van der Waals surface area contributed by atoms with Crippen LogP contribution in [0.5, 0.6) is 5.75 Å². The van der Waals surface area contributed by atoms with Gasteiger partial charge in [0, 0.05) is 23.9 Å². The number of halogens is 2. The maximum atomic E-state index is 11.4. The summed E-state index contributed by atoms with van der Waals surface area (Å²) in [5, 5.41) is 4.06. The molecule has 1 aliphatic carbocycles. The number of carbonyl (C=O) groups excluding carboxylic acids is 1. The third-order valence-electron chi connectivity index (χ3n) is 3.95. The lowest BCUT2D eigenvalue weighted by Crippen LogP contribution is -2.49. The Bertz CT molecular complexity index is 540. The zero-order valence-corrected chi connectivity index (χ0v) is 12.1. The van der Waals surface area contributed by atoms with Gasteiger partial charge in [-0.25, -0.2) is 0 Å². The van der Waals surface area contributed by atoms with E-state index in [1.807, 2.05) is 6.07 Å². The van der Waals surface area contributed by atoms with Crippen molar-refractivity contribution in [3.05, 3.63) is 27.7 Å². The molecule has 3 rings (SSSR count). The molecule has 5 heteroatoms. The summed E-state index contributed by atoms with van der Waals surface area (Å²) >= 11 is 12.3. The highest BCUT2D eigenvalue weighted by molar-refractivity contribution is 6.35. The first kappa shape index (κ1) is 13.1. The molecule has 0 saturated heterocycles. The van der Waals surface area contributed by atoms with Crippen LogP contribution in [0.25, 0.3) is 0 Å². The summed E-state index contributed by atoms with van der Waals surface area (Å²) in [6, 6.07) is 3.44. The monoisotopic (exact) mass is 299 g/mol. The highest BCUT2D eigenvalue weighted by Crippen LogP contribution is 2.51. The number of carbonyl (C=O) groups is 1. The van der Waals surface area contributed by atoms with Crippen molar-refractivity contribution in [2.45, 2.75) is 44.2 Å². The van der Waals surface area contributed by atoms with Crippen LogP contribution in [0.15, 0.2) is 12.1 Å². The number of amides is 1. The third-order valence-corrected chi connectivity index (χ3v) is 4.45. The molecule has 1 saturated carbocycles. The summed E-state index contributed by atoms with van der Waals surface area (Å²) in [6.45, 7) is 1.52. The molecule has 1 spiro atoms. The molecular weight excluding hydrogens is 285 g/mol. The standard InChI is InChI=1S/C14H15Cl2NO2/c1-8(18)17-12-7-14(3-2-4-14)19-13-10(12)5-9(15)6-11(13)16/h5-6,12H,2-4,7H2,1H3,(H,17,18). The quantitative estimate of drug-likeness (QED) is 0.855. The molecule has 1 aliphatic heterocycles. The molecular formula is C14H15Cl2NO2. The van der Waals surface area contributed by atoms with E-state index >= 15 is 0 Å². The van der Waals surface area contributed by atoms with Crippen LogP contribution in [0.4, 0.5) is 0 Å². The predicted octanol–water partition coefficient (Wildman–Crippen LogP) is 3.88. The Balaban J connectivity index is 2.04. The molecule has 1 N–H and O–H groups in total. The van der Waals surface area contributed by atoms with Crippen LogP contribution in [-0.4, -0.2) is 11.5 Å². The summed E-state index contributed by atoms with van der Waals surface area (Å²) in [5.74, 6) is 0.624. The number of ether oxygens (including phenoxy) is 1. The van der Waals surface area contributed by atoms with Gasteiger partial charge in [0.25, 0.3) is 0 Å². The molecule has 1 heterocycles. The fraction of sp³-hybridized carbons (Fsp3) is 0.500. The Morgan fingerprint density at radius 2 is 2.16 bits per heavy atom. The lowest BCUT2D eigenvalue weighted by molar-refractivity contribution is -0.120. The predicted molar refractivity (Wildman–Crippen MR) is 74.8 cm³/mol. The summed E-state index contributed by atoms with van der Waals surface area (Å²) < 4.78 is 6.11. The second-order valence-corrected chi connectivity index (χ2v) is 6.25. The molecule has 1 unspecified atom stereocenters. The molecule has 0 aromatic heterocycles. The van der Waals surface area contributed by atoms with Crippen LogP contribution < -0.4 is 10.1 Å². The SMILES string of the molecule is CC(=O)NC1CC2(CCC2)Oc2c(Cl)cc(Cl)cc21. The maximum Gasteiger partial charge on any atom is 0.217 e. The fourth-order valence-electron chi connectivity index (χ4n) is 2.94. The molecule has 1 aromatic carbocycles. The third kappa shape index (κ3) is 2.30. The summed E-state index contributed by atoms with van der Waals surface area (Å²) in [6.07, 6.45) is 3.98. The Morgan fingerprint density at radius 3 is 2.74 bits per heavy atom. The van der Waals surface area contributed by atoms with Crippen molar-refractivity contribution in [2.75, 3.05) is 0 Å². The second kappa shape index (κ2) is 4.57. The van der Waals surface area contributed by atoms with Gasteiger partial charge in [-0.1, -0.05) is 23.2 Å². The molecule has 1 amide bonds. The molecule has 1 atom stereocenters. The van der Waals surface area contributed by atoms with E-state index in [9.17, 15) is 4.79 Å². The minimum atomic E-state index is -0.155. The summed E-state index contributed by atoms with van der Waals surface area (Å²) in [4.78, 5) is 11.4. The van der Waals surface area contributed by atoms with Crippen LogP contribution in [0.3, 0.4) is 0 Å². The van der Waals surface area contributed by atoms with Gasteiger partial charge in [-0.15, -0.1) is 0 Å². The van der Waals surface area contributed by atoms with Gasteiger partial charge in [0.2, 0.25) is 5.91 Å². The Morgan fingerprint density at radius 1 is 1.42 bits per heavy atom. The van der Waals surface area contributed by atoms with Crippen LogP contribution in [0, 0.1) is 0 Å². The van der Waals surface area contributed by atoms with E-state index in [4.69, 9.17) is 27.9 Å². The number of benzene rings is 1. The first-order chi connectivity index (χ1) is 8.99. The Hall–Kier alpha value is -0.930. The number of hydrogen-bond donors (Lipinski definition) is 1. The van der Waals surface area contributed by atoms with E-state index in [1.54, 1.807) is 6.07 Å². The van der Waals surface area contributed by atoms with Crippen LogP contribution in [-0.2, 0) is 4.79 Å². The van der Waals surface area contributed by atoms with Crippen LogP contribution in [0.1, 0.15) is 44.2 Å². The van der Waals surface area contributed by atoms with Crippen LogP contribution in [0.2, 0.25) is 10.0 Å². The van der Waals surface area contributed by atoms with Gasteiger partial charge in [0.05, 0.1) is 11.1 Å². The first-order valence-corrected chi connectivity index (χ1v) is 7.20. The topological polar surface area (TPSA) is 38.3 Å². The van der Waals surface area contributed by atoms with Crippen molar-refractivity contribution >= 4 is 29.1 Å². The van der Waals surface area contributed by atoms with E-state index in [-0.39, 0.29) is 17.6 Å². The van der Waals surface area contributed by atoms with Gasteiger partial charge in [0.15, 0.2) is 0 Å². The smallest absolute Gasteiger partial charge is 0.217 e. The highest BCUT2D eigenvalue weighted by Gasteiger charge is 2.46. The number of hydrogen-bond acceptors (Lipinski definition) is 2. The van der Waals surface area contributed by atoms with E-state index in [1.165, 1.54) is 6.92 Å². The van der Waals surface area contributed by atoms with Crippen molar-refractivity contribution in [1.82, 2.24) is 5.32 Å². The van der Waals surface area contributed by atoms with Gasteiger partial charge in [-0.2, -0.15) is 0 Å². The van der Waals surface area contributed by atoms with E-state index < -0.39 is 0 Å². The maximum absolute atomic E-state index is 11.4. The minimum absolute atomic E-state index is 0.0524. The zero-order chi connectivity index (χ0) is 13.6. The molecule has 19 heavy (non-hydrogen) atoms. The fourth-order valence-corrected chi connectivity index (χ4v) is 3.49. The average Bonchev–Trinajstić information content (AvgIpc) is 2.27. The van der Waals surface area contributed by atoms with E-state index in [2.05, 4.69) is 5.32 Å². The molecule has 3 nitrogen and oxygen atoms in total. The lowest BCUT2D eigenvalue weighted by atomic mass is 9.73. The largest absolute Gasteiger partial charge is 0.485 e. The highest BCUT2D eigenvalue weighted by atomic mass is 35.5. The molecule has 1 aromatic rings. The molecule has 0 bridgehead atoms. The van der Waals surface area contributed by atoms with Crippen LogP contribution >= 0.6 is 23.2 Å². The lowest BCUT2D eigenvalue weighted by Gasteiger charge is -2.48. The van der Waals surface area contributed by atoms with Crippen molar-refractivity contribution in [3.8, 4) is 5.75 Å². The zero-order valence-electron chi connectivity index (χ0n) is 10.6. The van der Waals surface area contributed by atoms with E-state index in [0.717, 1.165) is 31.2 Å². The molecule has 2 aliphatic rings. The van der Waals surface area contributed by atoms with Crippen molar-refractivity contribution in [3.63, 3.8) is 0 Å². The minimum Gasteiger partial charge on any atom is -0.485 e. The normalized spacial score (nSPS) is 23.2.